The molecule has 1 heterocycles. The molecule has 0 bridgehead atoms. The number of carbonyl (C=O) groups excluding carboxylic acids is 1. The van der Waals surface area contributed by atoms with Crippen molar-refractivity contribution in [1.82, 2.24) is 10.3 Å². The first-order valence-corrected chi connectivity index (χ1v) is 6.27. The van der Waals surface area contributed by atoms with E-state index in [0.717, 1.165) is 18.5 Å². The zero-order chi connectivity index (χ0) is 13.8. The maximum absolute atomic E-state index is 11.8. The van der Waals surface area contributed by atoms with Crippen molar-refractivity contribution in [2.45, 2.75) is 32.2 Å². The molecule has 1 aliphatic carbocycles. The molecule has 0 radical (unpaired) electrons. The summed E-state index contributed by atoms with van der Waals surface area (Å²) in [7, 11) is 0. The van der Waals surface area contributed by atoms with Crippen molar-refractivity contribution in [2.24, 2.45) is 5.92 Å². The van der Waals surface area contributed by atoms with Crippen LogP contribution in [0.4, 0.5) is 10.5 Å². The van der Waals surface area contributed by atoms with Crippen LogP contribution < -0.4 is 10.6 Å². The molecule has 2 amide bonds. The zero-order valence-corrected chi connectivity index (χ0v) is 10.7. The Bertz CT molecular complexity index is 486. The van der Waals surface area contributed by atoms with Gasteiger partial charge in [-0.3, -0.25) is 9.78 Å². The molecule has 6 heteroatoms. The van der Waals surface area contributed by atoms with Crippen LogP contribution in [0, 0.1) is 12.8 Å². The topological polar surface area (TPSA) is 91.3 Å². The number of pyridine rings is 1. The van der Waals surface area contributed by atoms with Crippen molar-refractivity contribution in [3.8, 4) is 0 Å². The van der Waals surface area contributed by atoms with Crippen LogP contribution in [0.5, 0.6) is 0 Å². The SMILES string of the molecule is Cc1ncccc1NC(=O)NC(CC(=O)O)C1CC1. The van der Waals surface area contributed by atoms with Crippen LogP contribution >= 0.6 is 0 Å². The Balaban J connectivity index is 1.92. The molecule has 0 spiro atoms. The Hall–Kier alpha value is -2.11. The second-order valence-electron chi connectivity index (χ2n) is 4.78. The number of rotatable bonds is 5. The first-order valence-electron chi connectivity index (χ1n) is 6.27. The number of hydrogen-bond donors (Lipinski definition) is 3. The van der Waals surface area contributed by atoms with Gasteiger partial charge in [-0.05, 0) is 37.8 Å². The van der Waals surface area contributed by atoms with E-state index in [0.29, 0.717) is 5.69 Å². The third kappa shape index (κ3) is 3.94. The maximum Gasteiger partial charge on any atom is 0.319 e. The summed E-state index contributed by atoms with van der Waals surface area (Å²) in [6.07, 6.45) is 3.56. The van der Waals surface area contributed by atoms with Crippen LogP contribution in [0.3, 0.4) is 0 Å². The van der Waals surface area contributed by atoms with E-state index in [2.05, 4.69) is 15.6 Å². The minimum absolute atomic E-state index is 0.0376. The fourth-order valence-corrected chi connectivity index (χ4v) is 1.97. The van der Waals surface area contributed by atoms with Crippen molar-refractivity contribution in [3.63, 3.8) is 0 Å². The number of carbonyl (C=O) groups is 2. The summed E-state index contributed by atoms with van der Waals surface area (Å²) >= 11 is 0. The van der Waals surface area contributed by atoms with E-state index in [1.807, 2.05) is 0 Å². The summed E-state index contributed by atoms with van der Waals surface area (Å²) in [5.41, 5.74) is 1.35. The van der Waals surface area contributed by atoms with Crippen molar-refractivity contribution >= 4 is 17.7 Å². The Kier molecular flexibility index (Phi) is 3.99. The summed E-state index contributed by atoms with van der Waals surface area (Å²) in [5, 5.41) is 14.2. The molecule has 1 fully saturated rings. The first kappa shape index (κ1) is 13.3. The molecule has 2 rings (SSSR count). The van der Waals surface area contributed by atoms with Gasteiger partial charge in [-0.2, -0.15) is 0 Å². The summed E-state index contributed by atoms with van der Waals surface area (Å²) in [5.74, 6) is -0.605. The Morgan fingerprint density at radius 2 is 2.26 bits per heavy atom. The molecule has 0 aliphatic heterocycles. The quantitative estimate of drug-likeness (QED) is 0.755. The lowest BCUT2D eigenvalue weighted by Gasteiger charge is -2.17. The lowest BCUT2D eigenvalue weighted by molar-refractivity contribution is -0.137. The molecule has 1 unspecified atom stereocenters. The number of nitrogens with one attached hydrogen (secondary N) is 2. The van der Waals surface area contributed by atoms with Gasteiger partial charge in [0.2, 0.25) is 0 Å². The molecular formula is C13H17N3O3. The van der Waals surface area contributed by atoms with E-state index >= 15 is 0 Å². The van der Waals surface area contributed by atoms with E-state index in [1.54, 1.807) is 25.3 Å². The highest BCUT2D eigenvalue weighted by atomic mass is 16.4. The molecule has 0 saturated heterocycles. The van der Waals surface area contributed by atoms with Crippen LogP contribution in [0.25, 0.3) is 0 Å². The Labute approximate surface area is 111 Å². The number of amides is 2. The van der Waals surface area contributed by atoms with E-state index in [9.17, 15) is 9.59 Å². The number of carboxylic acid groups (broad SMARTS) is 1. The van der Waals surface area contributed by atoms with Crippen molar-refractivity contribution in [1.29, 1.82) is 0 Å². The van der Waals surface area contributed by atoms with Gasteiger partial charge in [0.15, 0.2) is 0 Å². The number of aromatic nitrogens is 1. The molecule has 3 N–H and O–H groups in total. The second kappa shape index (κ2) is 5.69. The third-order valence-corrected chi connectivity index (χ3v) is 3.16. The molecule has 1 aliphatic rings. The van der Waals surface area contributed by atoms with Gasteiger partial charge < -0.3 is 15.7 Å². The molecular weight excluding hydrogens is 246 g/mol. The molecule has 102 valence electrons. The predicted molar refractivity (Wildman–Crippen MR) is 69.9 cm³/mol. The zero-order valence-electron chi connectivity index (χ0n) is 10.7. The van der Waals surface area contributed by atoms with Gasteiger partial charge in [0.05, 0.1) is 17.8 Å². The first-order chi connectivity index (χ1) is 9.06. The summed E-state index contributed by atoms with van der Waals surface area (Å²) < 4.78 is 0. The Morgan fingerprint density at radius 3 is 2.84 bits per heavy atom. The highest BCUT2D eigenvalue weighted by Gasteiger charge is 2.33. The normalized spacial score (nSPS) is 15.6. The van der Waals surface area contributed by atoms with Gasteiger partial charge in [-0.15, -0.1) is 0 Å². The van der Waals surface area contributed by atoms with E-state index in [-0.39, 0.29) is 24.4 Å². The van der Waals surface area contributed by atoms with Gasteiger partial charge in [0.25, 0.3) is 0 Å². The van der Waals surface area contributed by atoms with Crippen LogP contribution in [0.2, 0.25) is 0 Å². The summed E-state index contributed by atoms with van der Waals surface area (Å²) in [6, 6.07) is 2.81. The van der Waals surface area contributed by atoms with Crippen LogP contribution in [-0.2, 0) is 4.79 Å². The molecule has 6 nitrogen and oxygen atoms in total. The highest BCUT2D eigenvalue weighted by molar-refractivity contribution is 5.90. The van der Waals surface area contributed by atoms with Crippen molar-refractivity contribution < 1.29 is 14.7 Å². The standard InChI is InChI=1S/C13H17N3O3/c1-8-10(3-2-6-14-8)15-13(19)16-11(7-12(17)18)9-4-5-9/h2-3,6,9,11H,4-5,7H2,1H3,(H,17,18)(H2,15,16,19). The minimum Gasteiger partial charge on any atom is -0.481 e. The molecule has 1 atom stereocenters. The summed E-state index contributed by atoms with van der Waals surface area (Å²) in [4.78, 5) is 26.7. The van der Waals surface area contributed by atoms with Gasteiger partial charge in [-0.1, -0.05) is 0 Å². The van der Waals surface area contributed by atoms with E-state index < -0.39 is 5.97 Å². The van der Waals surface area contributed by atoms with Gasteiger partial charge in [0.1, 0.15) is 0 Å². The summed E-state index contributed by atoms with van der Waals surface area (Å²) in [6.45, 7) is 1.80. The largest absolute Gasteiger partial charge is 0.481 e. The smallest absolute Gasteiger partial charge is 0.319 e. The number of nitrogens with zero attached hydrogens (tertiary/aromatic N) is 1. The average molecular weight is 263 g/mol. The van der Waals surface area contributed by atoms with Crippen molar-refractivity contribution in [2.75, 3.05) is 5.32 Å². The van der Waals surface area contributed by atoms with E-state index in [4.69, 9.17) is 5.11 Å². The molecule has 0 aromatic carbocycles. The highest BCUT2D eigenvalue weighted by Crippen LogP contribution is 2.34. The lowest BCUT2D eigenvalue weighted by Crippen LogP contribution is -2.40. The minimum atomic E-state index is -0.894. The molecule has 1 aromatic rings. The second-order valence-corrected chi connectivity index (χ2v) is 4.78. The van der Waals surface area contributed by atoms with Gasteiger partial charge >= 0.3 is 12.0 Å². The number of hydrogen-bond acceptors (Lipinski definition) is 3. The molecule has 1 saturated carbocycles. The monoisotopic (exact) mass is 263 g/mol. The van der Waals surface area contributed by atoms with E-state index in [1.165, 1.54) is 0 Å². The average Bonchev–Trinajstić information content (AvgIpc) is 3.14. The molecule has 19 heavy (non-hydrogen) atoms. The maximum atomic E-state index is 11.8. The van der Waals surface area contributed by atoms with Crippen molar-refractivity contribution in [3.05, 3.63) is 24.0 Å². The van der Waals surface area contributed by atoms with Gasteiger partial charge in [-0.25, -0.2) is 4.79 Å². The third-order valence-electron chi connectivity index (χ3n) is 3.16. The number of aliphatic carboxylic acids is 1. The van der Waals surface area contributed by atoms with Crippen LogP contribution in [0.15, 0.2) is 18.3 Å². The fraction of sp³-hybridized carbons (Fsp3) is 0.462. The number of anilines is 1. The molecule has 1 aromatic heterocycles. The Morgan fingerprint density at radius 1 is 1.53 bits per heavy atom. The fourth-order valence-electron chi connectivity index (χ4n) is 1.97. The number of aryl methyl sites for hydroxylation is 1. The van der Waals surface area contributed by atoms with Crippen LogP contribution in [-0.4, -0.2) is 28.1 Å². The number of carboxylic acids is 1. The number of urea groups is 1. The lowest BCUT2D eigenvalue weighted by atomic mass is 10.1. The van der Waals surface area contributed by atoms with Gasteiger partial charge in [0, 0.05) is 12.2 Å². The van der Waals surface area contributed by atoms with Crippen LogP contribution in [0.1, 0.15) is 25.0 Å². The predicted octanol–water partition coefficient (Wildman–Crippen LogP) is 1.76.